The third-order valence-electron chi connectivity index (χ3n) is 4.05. The van der Waals surface area contributed by atoms with Crippen LogP contribution in [0.5, 0.6) is 17.2 Å². The van der Waals surface area contributed by atoms with Crippen molar-refractivity contribution in [3.63, 3.8) is 0 Å². The molecular formula is C19H22N2O3. The Labute approximate surface area is 141 Å². The van der Waals surface area contributed by atoms with Crippen molar-refractivity contribution in [1.82, 2.24) is 10.3 Å². The molecular weight excluding hydrogens is 304 g/mol. The van der Waals surface area contributed by atoms with Crippen LogP contribution in [0.3, 0.4) is 0 Å². The van der Waals surface area contributed by atoms with Gasteiger partial charge in [-0.15, -0.1) is 0 Å². The number of H-pyrrole nitrogens is 1. The minimum absolute atomic E-state index is 0.612. The van der Waals surface area contributed by atoms with Gasteiger partial charge in [-0.2, -0.15) is 0 Å². The van der Waals surface area contributed by atoms with E-state index in [1.54, 1.807) is 21.3 Å². The first-order valence-corrected chi connectivity index (χ1v) is 7.81. The average molecular weight is 326 g/mol. The van der Waals surface area contributed by atoms with E-state index >= 15 is 0 Å². The molecule has 0 aliphatic carbocycles. The lowest BCUT2D eigenvalue weighted by molar-refractivity contribution is 0.323. The first-order valence-electron chi connectivity index (χ1n) is 7.81. The molecule has 2 N–H and O–H groups in total. The van der Waals surface area contributed by atoms with Crippen LogP contribution in [0.2, 0.25) is 0 Å². The fraction of sp³-hybridized carbons (Fsp3) is 0.263. The first kappa shape index (κ1) is 16.2. The third kappa shape index (κ3) is 3.16. The fourth-order valence-corrected chi connectivity index (χ4v) is 2.88. The Morgan fingerprint density at radius 3 is 2.33 bits per heavy atom. The SMILES string of the molecule is COc1cc(CNCc2cccc3[nH]ccc23)cc(OC)c1OC. The maximum atomic E-state index is 5.39. The molecule has 0 atom stereocenters. The Morgan fingerprint density at radius 2 is 1.67 bits per heavy atom. The van der Waals surface area contributed by atoms with Crippen molar-refractivity contribution in [3.8, 4) is 17.2 Å². The molecule has 0 amide bonds. The van der Waals surface area contributed by atoms with Crippen LogP contribution in [0.15, 0.2) is 42.6 Å². The van der Waals surface area contributed by atoms with E-state index in [1.807, 2.05) is 18.3 Å². The zero-order valence-electron chi connectivity index (χ0n) is 14.2. The van der Waals surface area contributed by atoms with E-state index < -0.39 is 0 Å². The lowest BCUT2D eigenvalue weighted by Crippen LogP contribution is -2.13. The summed E-state index contributed by atoms with van der Waals surface area (Å²) >= 11 is 0. The molecule has 0 saturated heterocycles. The third-order valence-corrected chi connectivity index (χ3v) is 4.05. The topological polar surface area (TPSA) is 55.5 Å². The van der Waals surface area contributed by atoms with E-state index in [0.29, 0.717) is 23.8 Å². The van der Waals surface area contributed by atoms with Gasteiger partial charge in [0.15, 0.2) is 11.5 Å². The van der Waals surface area contributed by atoms with Crippen molar-refractivity contribution < 1.29 is 14.2 Å². The lowest BCUT2D eigenvalue weighted by Gasteiger charge is -2.14. The monoisotopic (exact) mass is 326 g/mol. The molecule has 1 heterocycles. The van der Waals surface area contributed by atoms with E-state index in [4.69, 9.17) is 14.2 Å². The van der Waals surface area contributed by atoms with Crippen molar-refractivity contribution in [2.45, 2.75) is 13.1 Å². The molecule has 3 aromatic rings. The number of hydrogen-bond donors (Lipinski definition) is 2. The normalized spacial score (nSPS) is 10.8. The maximum Gasteiger partial charge on any atom is 0.203 e. The van der Waals surface area contributed by atoms with Gasteiger partial charge in [-0.05, 0) is 35.4 Å². The molecule has 5 heteroatoms. The summed E-state index contributed by atoms with van der Waals surface area (Å²) < 4.78 is 16.1. The van der Waals surface area contributed by atoms with Crippen LogP contribution in [0, 0.1) is 0 Å². The van der Waals surface area contributed by atoms with Crippen molar-refractivity contribution in [2.24, 2.45) is 0 Å². The predicted molar refractivity (Wildman–Crippen MR) is 94.9 cm³/mol. The number of aromatic nitrogens is 1. The summed E-state index contributed by atoms with van der Waals surface area (Å²) in [6.07, 6.45) is 1.97. The minimum Gasteiger partial charge on any atom is -0.493 e. The summed E-state index contributed by atoms with van der Waals surface area (Å²) in [5, 5.41) is 4.72. The zero-order valence-corrected chi connectivity index (χ0v) is 14.2. The number of nitrogens with one attached hydrogen (secondary N) is 2. The smallest absolute Gasteiger partial charge is 0.203 e. The highest BCUT2D eigenvalue weighted by molar-refractivity contribution is 5.82. The van der Waals surface area contributed by atoms with Crippen LogP contribution in [0.4, 0.5) is 0 Å². The Hall–Kier alpha value is -2.66. The van der Waals surface area contributed by atoms with Gasteiger partial charge < -0.3 is 24.5 Å². The summed E-state index contributed by atoms with van der Waals surface area (Å²) in [6, 6.07) is 12.3. The van der Waals surface area contributed by atoms with Crippen LogP contribution in [-0.2, 0) is 13.1 Å². The second-order valence-electron chi connectivity index (χ2n) is 5.49. The van der Waals surface area contributed by atoms with Gasteiger partial charge in [0.1, 0.15) is 0 Å². The summed E-state index contributed by atoms with van der Waals surface area (Å²) in [4.78, 5) is 3.24. The van der Waals surface area contributed by atoms with Crippen LogP contribution in [-0.4, -0.2) is 26.3 Å². The average Bonchev–Trinajstić information content (AvgIpc) is 3.10. The van der Waals surface area contributed by atoms with Crippen molar-refractivity contribution in [1.29, 1.82) is 0 Å². The fourth-order valence-electron chi connectivity index (χ4n) is 2.88. The second kappa shape index (κ2) is 7.27. The molecule has 126 valence electrons. The van der Waals surface area contributed by atoms with E-state index in [2.05, 4.69) is 34.6 Å². The lowest BCUT2D eigenvalue weighted by atomic mass is 10.1. The molecule has 0 radical (unpaired) electrons. The molecule has 0 aliphatic heterocycles. The highest BCUT2D eigenvalue weighted by Gasteiger charge is 2.13. The molecule has 0 aliphatic rings. The van der Waals surface area contributed by atoms with E-state index in [1.165, 1.54) is 10.9 Å². The van der Waals surface area contributed by atoms with Gasteiger partial charge >= 0.3 is 0 Å². The molecule has 1 aromatic heterocycles. The van der Waals surface area contributed by atoms with Crippen LogP contribution in [0.1, 0.15) is 11.1 Å². The highest BCUT2D eigenvalue weighted by Crippen LogP contribution is 2.38. The number of rotatable bonds is 7. The van der Waals surface area contributed by atoms with Gasteiger partial charge in [0, 0.05) is 30.2 Å². The minimum atomic E-state index is 0.612. The number of benzene rings is 2. The Kier molecular flexibility index (Phi) is 4.91. The van der Waals surface area contributed by atoms with Gasteiger partial charge in [-0.25, -0.2) is 0 Å². The molecule has 3 rings (SSSR count). The Morgan fingerprint density at radius 1 is 0.917 bits per heavy atom. The Bertz CT molecular complexity index is 801. The van der Waals surface area contributed by atoms with Crippen LogP contribution in [0.25, 0.3) is 10.9 Å². The number of aromatic amines is 1. The van der Waals surface area contributed by atoms with E-state index in [-0.39, 0.29) is 0 Å². The van der Waals surface area contributed by atoms with Gasteiger partial charge in [0.2, 0.25) is 5.75 Å². The molecule has 0 spiro atoms. The number of fused-ring (bicyclic) bond motifs is 1. The molecule has 0 bridgehead atoms. The van der Waals surface area contributed by atoms with Gasteiger partial charge in [0.05, 0.1) is 21.3 Å². The van der Waals surface area contributed by atoms with Crippen LogP contribution >= 0.6 is 0 Å². The van der Waals surface area contributed by atoms with Crippen molar-refractivity contribution in [2.75, 3.05) is 21.3 Å². The summed E-state index contributed by atoms with van der Waals surface area (Å²) in [7, 11) is 4.86. The largest absolute Gasteiger partial charge is 0.493 e. The quantitative estimate of drug-likeness (QED) is 0.698. The molecule has 0 fully saturated rings. The molecule has 0 unspecified atom stereocenters. The van der Waals surface area contributed by atoms with Gasteiger partial charge in [-0.3, -0.25) is 0 Å². The second-order valence-corrected chi connectivity index (χ2v) is 5.49. The zero-order chi connectivity index (χ0) is 16.9. The van der Waals surface area contributed by atoms with Crippen molar-refractivity contribution in [3.05, 3.63) is 53.7 Å². The summed E-state index contributed by atoms with van der Waals surface area (Å²) in [6.45, 7) is 1.49. The van der Waals surface area contributed by atoms with Gasteiger partial charge in [-0.1, -0.05) is 12.1 Å². The predicted octanol–water partition coefficient (Wildman–Crippen LogP) is 3.48. The van der Waals surface area contributed by atoms with E-state index in [9.17, 15) is 0 Å². The van der Waals surface area contributed by atoms with Gasteiger partial charge in [0.25, 0.3) is 0 Å². The highest BCUT2D eigenvalue weighted by atomic mass is 16.5. The molecule has 5 nitrogen and oxygen atoms in total. The molecule has 2 aromatic carbocycles. The number of methoxy groups -OCH3 is 3. The van der Waals surface area contributed by atoms with Crippen molar-refractivity contribution >= 4 is 10.9 Å². The number of ether oxygens (including phenoxy) is 3. The van der Waals surface area contributed by atoms with E-state index in [0.717, 1.165) is 17.6 Å². The maximum absolute atomic E-state index is 5.39. The molecule has 24 heavy (non-hydrogen) atoms. The number of hydrogen-bond acceptors (Lipinski definition) is 4. The van der Waals surface area contributed by atoms with Crippen LogP contribution < -0.4 is 19.5 Å². The Balaban J connectivity index is 1.74. The summed E-state index contributed by atoms with van der Waals surface area (Å²) in [5.41, 5.74) is 3.49. The molecule has 0 saturated carbocycles. The first-order chi connectivity index (χ1) is 11.8. The standard InChI is InChI=1S/C19H22N2O3/c1-22-17-9-13(10-18(23-2)19(17)24-3)11-20-12-14-5-4-6-16-15(14)7-8-21-16/h4-10,20-21H,11-12H2,1-3H3. The summed E-state index contributed by atoms with van der Waals surface area (Å²) in [5.74, 6) is 1.95.